The zero-order chi connectivity index (χ0) is 24.1. The fourth-order valence-corrected chi connectivity index (χ4v) is 5.96. The second-order valence-corrected chi connectivity index (χ2v) is 10.6. The first-order chi connectivity index (χ1) is 16.3. The molecule has 1 unspecified atom stereocenters. The second-order valence-electron chi connectivity index (χ2n) is 8.09. The summed E-state index contributed by atoms with van der Waals surface area (Å²) in [6, 6.07) is 22.6. The van der Waals surface area contributed by atoms with E-state index in [-0.39, 0.29) is 27.3 Å². The number of anilines is 1. The van der Waals surface area contributed by atoms with E-state index in [9.17, 15) is 13.2 Å². The lowest BCUT2D eigenvalue weighted by molar-refractivity contribution is -0.133. The Morgan fingerprint density at radius 3 is 2.15 bits per heavy atom. The topological polar surface area (TPSA) is 69.7 Å². The summed E-state index contributed by atoms with van der Waals surface area (Å²) in [6.45, 7) is 2.33. The molecule has 0 aromatic heterocycles. The number of halogens is 2. The number of hydrogen-bond acceptors (Lipinski definition) is 4. The van der Waals surface area contributed by atoms with Crippen LogP contribution in [0, 0.1) is 0 Å². The summed E-state index contributed by atoms with van der Waals surface area (Å²) in [6.07, 6.45) is 0.218. The highest BCUT2D eigenvalue weighted by Gasteiger charge is 2.32. The van der Waals surface area contributed by atoms with E-state index in [0.717, 1.165) is 11.3 Å². The Labute approximate surface area is 210 Å². The Bertz CT molecular complexity index is 1230. The van der Waals surface area contributed by atoms with Gasteiger partial charge in [0.05, 0.1) is 5.02 Å². The Kier molecular flexibility index (Phi) is 7.78. The number of sulfonamides is 1. The molecule has 0 radical (unpaired) electrons. The normalized spacial score (nSPS) is 15.2. The van der Waals surface area contributed by atoms with Gasteiger partial charge in [-0.3, -0.25) is 4.79 Å². The van der Waals surface area contributed by atoms with Gasteiger partial charge in [0, 0.05) is 36.9 Å². The average Bonchev–Trinajstić information content (AvgIpc) is 2.86. The van der Waals surface area contributed by atoms with Gasteiger partial charge in [-0.05, 0) is 42.3 Å². The van der Waals surface area contributed by atoms with Crippen LogP contribution in [0.3, 0.4) is 0 Å². The van der Waals surface area contributed by atoms with Crippen molar-refractivity contribution in [1.29, 1.82) is 0 Å². The summed E-state index contributed by atoms with van der Waals surface area (Å²) in [5.74, 6) is -0.265. The molecule has 1 aliphatic rings. The third-order valence-electron chi connectivity index (χ3n) is 5.77. The molecule has 9 heteroatoms. The van der Waals surface area contributed by atoms with E-state index in [4.69, 9.17) is 23.2 Å². The van der Waals surface area contributed by atoms with E-state index in [1.165, 1.54) is 18.2 Å². The number of para-hydroxylation sites is 1. The van der Waals surface area contributed by atoms with Crippen LogP contribution < -0.4 is 9.62 Å². The third kappa shape index (κ3) is 5.91. The van der Waals surface area contributed by atoms with Crippen molar-refractivity contribution in [2.45, 2.75) is 17.4 Å². The molecule has 0 bridgehead atoms. The van der Waals surface area contributed by atoms with E-state index in [1.54, 1.807) is 4.90 Å². The first-order valence-electron chi connectivity index (χ1n) is 10.9. The second kappa shape index (κ2) is 10.8. The first-order valence-corrected chi connectivity index (χ1v) is 13.2. The predicted molar refractivity (Wildman–Crippen MR) is 136 cm³/mol. The zero-order valence-corrected chi connectivity index (χ0v) is 20.7. The lowest BCUT2D eigenvalue weighted by Crippen LogP contribution is -2.55. The Hall–Kier alpha value is -2.58. The standard InChI is InChI=1S/C25H25Cl2N3O3S/c26-20-11-12-22(27)24(18-20)34(32,33)28-23(17-19-7-3-1-4-8-19)25(31)30-15-13-29(14-16-30)21-9-5-2-6-10-21/h1-12,18,23,28H,13-17H2. The molecule has 1 heterocycles. The van der Waals surface area contributed by atoms with Crippen LogP contribution in [-0.2, 0) is 21.2 Å². The summed E-state index contributed by atoms with van der Waals surface area (Å²) in [5.41, 5.74) is 1.95. The fraction of sp³-hybridized carbons (Fsp3) is 0.240. The van der Waals surface area contributed by atoms with Gasteiger partial charge in [-0.2, -0.15) is 4.72 Å². The number of carbonyl (C=O) groups excluding carboxylic acids is 1. The molecule has 1 amide bonds. The van der Waals surface area contributed by atoms with E-state index < -0.39 is 16.1 Å². The minimum absolute atomic E-state index is 0.0410. The Balaban J connectivity index is 1.54. The van der Waals surface area contributed by atoms with Crippen LogP contribution in [0.15, 0.2) is 83.8 Å². The molecule has 1 N–H and O–H groups in total. The van der Waals surface area contributed by atoms with Crippen molar-refractivity contribution in [2.75, 3.05) is 31.1 Å². The number of nitrogens with zero attached hydrogens (tertiary/aromatic N) is 2. The van der Waals surface area contributed by atoms with Crippen molar-refractivity contribution in [3.8, 4) is 0 Å². The lowest BCUT2D eigenvalue weighted by Gasteiger charge is -2.37. The van der Waals surface area contributed by atoms with Crippen LogP contribution in [0.4, 0.5) is 5.69 Å². The third-order valence-corrected chi connectivity index (χ3v) is 7.96. The summed E-state index contributed by atoms with van der Waals surface area (Å²) in [7, 11) is -4.09. The Morgan fingerprint density at radius 1 is 0.882 bits per heavy atom. The average molecular weight is 518 g/mol. The fourth-order valence-electron chi connectivity index (χ4n) is 4.01. The number of amides is 1. The minimum Gasteiger partial charge on any atom is -0.368 e. The molecule has 4 rings (SSSR count). The lowest BCUT2D eigenvalue weighted by atomic mass is 10.1. The highest BCUT2D eigenvalue weighted by atomic mass is 35.5. The van der Waals surface area contributed by atoms with Gasteiger partial charge in [-0.1, -0.05) is 71.7 Å². The van der Waals surface area contributed by atoms with Crippen molar-refractivity contribution in [1.82, 2.24) is 9.62 Å². The molecule has 3 aromatic carbocycles. The van der Waals surface area contributed by atoms with Crippen LogP contribution in [0.25, 0.3) is 0 Å². The van der Waals surface area contributed by atoms with E-state index in [1.807, 2.05) is 60.7 Å². The minimum atomic E-state index is -4.09. The molecular formula is C25H25Cl2N3O3S. The molecule has 0 saturated carbocycles. The van der Waals surface area contributed by atoms with Gasteiger partial charge in [0.15, 0.2) is 0 Å². The maximum absolute atomic E-state index is 13.5. The number of benzene rings is 3. The van der Waals surface area contributed by atoms with Crippen molar-refractivity contribution in [3.63, 3.8) is 0 Å². The summed E-state index contributed by atoms with van der Waals surface area (Å²) < 4.78 is 29.0. The van der Waals surface area contributed by atoms with Crippen LogP contribution in [0.1, 0.15) is 5.56 Å². The number of nitrogens with one attached hydrogen (secondary N) is 1. The van der Waals surface area contributed by atoms with Crippen LogP contribution in [0.5, 0.6) is 0 Å². The van der Waals surface area contributed by atoms with Gasteiger partial charge in [0.1, 0.15) is 10.9 Å². The van der Waals surface area contributed by atoms with Crippen molar-refractivity contribution < 1.29 is 13.2 Å². The largest absolute Gasteiger partial charge is 0.368 e. The van der Waals surface area contributed by atoms with E-state index >= 15 is 0 Å². The quantitative estimate of drug-likeness (QED) is 0.509. The summed E-state index contributed by atoms with van der Waals surface area (Å²) in [5, 5.41) is 0.284. The monoisotopic (exact) mass is 517 g/mol. The van der Waals surface area contributed by atoms with Crippen LogP contribution in [0.2, 0.25) is 10.0 Å². The number of rotatable bonds is 7. The highest BCUT2D eigenvalue weighted by Crippen LogP contribution is 2.25. The molecule has 34 heavy (non-hydrogen) atoms. The maximum atomic E-state index is 13.5. The molecule has 178 valence electrons. The van der Waals surface area contributed by atoms with Crippen molar-refractivity contribution in [2.24, 2.45) is 0 Å². The molecule has 6 nitrogen and oxygen atoms in total. The van der Waals surface area contributed by atoms with Gasteiger partial charge in [-0.25, -0.2) is 8.42 Å². The molecule has 1 aliphatic heterocycles. The van der Waals surface area contributed by atoms with Crippen LogP contribution in [-0.4, -0.2) is 51.4 Å². The van der Waals surface area contributed by atoms with Crippen LogP contribution >= 0.6 is 23.2 Å². The predicted octanol–water partition coefficient (Wildman–Crippen LogP) is 4.23. The van der Waals surface area contributed by atoms with Crippen molar-refractivity contribution in [3.05, 3.63) is 94.5 Å². The first kappa shape index (κ1) is 24.5. The molecule has 0 aliphatic carbocycles. The van der Waals surface area contributed by atoms with Crippen molar-refractivity contribution >= 4 is 44.8 Å². The number of carbonyl (C=O) groups is 1. The molecule has 1 atom stereocenters. The molecule has 1 saturated heterocycles. The molecule has 0 spiro atoms. The van der Waals surface area contributed by atoms with Gasteiger partial charge in [0.25, 0.3) is 0 Å². The smallest absolute Gasteiger partial charge is 0.242 e. The van der Waals surface area contributed by atoms with Gasteiger partial charge < -0.3 is 9.80 Å². The molecule has 3 aromatic rings. The zero-order valence-electron chi connectivity index (χ0n) is 18.4. The summed E-state index contributed by atoms with van der Waals surface area (Å²) in [4.78, 5) is 17.3. The number of hydrogen-bond donors (Lipinski definition) is 1. The molecular weight excluding hydrogens is 493 g/mol. The maximum Gasteiger partial charge on any atom is 0.242 e. The van der Waals surface area contributed by atoms with Gasteiger partial charge in [0.2, 0.25) is 15.9 Å². The van der Waals surface area contributed by atoms with E-state index in [2.05, 4.69) is 9.62 Å². The highest BCUT2D eigenvalue weighted by molar-refractivity contribution is 7.89. The van der Waals surface area contributed by atoms with Gasteiger partial charge >= 0.3 is 0 Å². The van der Waals surface area contributed by atoms with Gasteiger partial charge in [-0.15, -0.1) is 0 Å². The number of piperazine rings is 1. The van der Waals surface area contributed by atoms with E-state index in [0.29, 0.717) is 26.2 Å². The SMILES string of the molecule is O=C(C(Cc1ccccc1)NS(=O)(=O)c1cc(Cl)ccc1Cl)N1CCN(c2ccccc2)CC1. The Morgan fingerprint density at radius 2 is 1.50 bits per heavy atom. The summed E-state index contributed by atoms with van der Waals surface area (Å²) >= 11 is 12.2. The molecule has 1 fully saturated rings.